The third kappa shape index (κ3) is 3.24. The summed E-state index contributed by atoms with van der Waals surface area (Å²) in [6, 6.07) is 3.09. The quantitative estimate of drug-likeness (QED) is 0.626. The van der Waals surface area contributed by atoms with Crippen molar-refractivity contribution < 1.29 is 32.8 Å². The Hall–Kier alpha value is -2.85. The highest BCUT2D eigenvalue weighted by molar-refractivity contribution is 5.94. The second kappa shape index (κ2) is 5.98. The molecule has 3 N–H and O–H groups in total. The van der Waals surface area contributed by atoms with Crippen LogP contribution in [0.4, 0.5) is 24.5 Å². The van der Waals surface area contributed by atoms with Crippen LogP contribution in [0, 0.1) is 22.0 Å². The molecule has 1 fully saturated rings. The number of primary amides is 1. The van der Waals surface area contributed by atoms with Gasteiger partial charge in [0.15, 0.2) is 0 Å². The molecule has 24 heavy (non-hydrogen) atoms. The maximum Gasteiger partial charge on any atom is 0.394 e. The van der Waals surface area contributed by atoms with Crippen LogP contribution in [0.2, 0.25) is 0 Å². The zero-order valence-electron chi connectivity index (χ0n) is 12.0. The Labute approximate surface area is 132 Å². The Morgan fingerprint density at radius 1 is 1.33 bits per heavy atom. The zero-order valence-corrected chi connectivity index (χ0v) is 12.0. The molecule has 1 aliphatic heterocycles. The molecule has 0 saturated carbocycles. The van der Waals surface area contributed by atoms with E-state index in [1.165, 1.54) is 0 Å². The molecule has 2 atom stereocenters. The number of anilines is 1. The minimum Gasteiger partial charge on any atom is -0.481 e. The summed E-state index contributed by atoms with van der Waals surface area (Å²) < 4.78 is 39.0. The fraction of sp³-hybridized carbons (Fsp3) is 0.385. The first-order valence-electron chi connectivity index (χ1n) is 6.65. The lowest BCUT2D eigenvalue weighted by Gasteiger charge is -2.19. The first kappa shape index (κ1) is 17.5. The van der Waals surface area contributed by atoms with Gasteiger partial charge < -0.3 is 15.7 Å². The van der Waals surface area contributed by atoms with Crippen LogP contribution in [-0.2, 0) is 4.79 Å². The average Bonchev–Trinajstić information content (AvgIpc) is 2.91. The van der Waals surface area contributed by atoms with E-state index in [-0.39, 0.29) is 11.3 Å². The smallest absolute Gasteiger partial charge is 0.394 e. The van der Waals surface area contributed by atoms with Crippen LogP contribution in [0.5, 0.6) is 0 Å². The summed E-state index contributed by atoms with van der Waals surface area (Å²) in [5.74, 6) is -6.44. The zero-order chi connectivity index (χ0) is 18.2. The van der Waals surface area contributed by atoms with Gasteiger partial charge in [0.25, 0.3) is 5.69 Å². The lowest BCUT2D eigenvalue weighted by Crippen LogP contribution is -2.33. The number of nitrogens with zero attached hydrogens (tertiary/aromatic N) is 2. The first-order valence-corrected chi connectivity index (χ1v) is 6.65. The van der Waals surface area contributed by atoms with E-state index < -0.39 is 53.6 Å². The summed E-state index contributed by atoms with van der Waals surface area (Å²) in [4.78, 5) is 33.4. The number of hydrogen-bond acceptors (Lipinski definition) is 5. The van der Waals surface area contributed by atoms with E-state index >= 15 is 0 Å². The number of carbonyl (C=O) groups excluding carboxylic acids is 1. The molecule has 0 unspecified atom stereocenters. The third-order valence-corrected chi connectivity index (χ3v) is 3.85. The number of carboxylic acid groups (broad SMARTS) is 1. The second-order valence-electron chi connectivity index (χ2n) is 5.32. The number of carboxylic acids is 1. The summed E-state index contributed by atoms with van der Waals surface area (Å²) in [5, 5.41) is 20.1. The minimum absolute atomic E-state index is 0.174. The number of carbonyl (C=O) groups is 2. The summed E-state index contributed by atoms with van der Waals surface area (Å²) >= 11 is 0. The van der Waals surface area contributed by atoms with E-state index in [2.05, 4.69) is 0 Å². The Morgan fingerprint density at radius 2 is 1.96 bits per heavy atom. The largest absolute Gasteiger partial charge is 0.481 e. The van der Waals surface area contributed by atoms with E-state index in [4.69, 9.17) is 10.8 Å². The number of nitrogens with two attached hydrogens (primary N) is 1. The van der Waals surface area contributed by atoms with Gasteiger partial charge in [0.05, 0.1) is 16.8 Å². The van der Waals surface area contributed by atoms with Crippen LogP contribution < -0.4 is 10.6 Å². The van der Waals surface area contributed by atoms with Crippen molar-refractivity contribution in [2.45, 2.75) is 6.18 Å². The lowest BCUT2D eigenvalue weighted by molar-refractivity contribution is -0.384. The molecule has 0 aliphatic carbocycles. The van der Waals surface area contributed by atoms with Crippen LogP contribution in [0.1, 0.15) is 10.4 Å². The number of aliphatic carboxylic acids is 1. The Balaban J connectivity index is 2.44. The maximum absolute atomic E-state index is 13.0. The number of nitro groups is 1. The van der Waals surface area contributed by atoms with E-state index in [0.717, 1.165) is 23.1 Å². The highest BCUT2D eigenvalue weighted by atomic mass is 19.4. The molecule has 0 aromatic heterocycles. The molecule has 11 heteroatoms. The molecule has 1 saturated heterocycles. The van der Waals surface area contributed by atoms with Crippen LogP contribution in [0.3, 0.4) is 0 Å². The molecule has 1 aromatic rings. The van der Waals surface area contributed by atoms with E-state index in [9.17, 15) is 32.9 Å². The van der Waals surface area contributed by atoms with Crippen LogP contribution in [-0.4, -0.2) is 41.2 Å². The monoisotopic (exact) mass is 347 g/mol. The number of hydrogen-bond donors (Lipinski definition) is 2. The predicted octanol–water partition coefficient (Wildman–Crippen LogP) is 1.39. The maximum atomic E-state index is 13.0. The number of alkyl halides is 3. The van der Waals surface area contributed by atoms with Crippen molar-refractivity contribution in [1.82, 2.24) is 0 Å². The number of amides is 1. The minimum atomic E-state index is -4.75. The molecule has 1 aliphatic rings. The summed E-state index contributed by atoms with van der Waals surface area (Å²) in [7, 11) is 0. The van der Waals surface area contributed by atoms with Crippen molar-refractivity contribution in [2.75, 3.05) is 18.0 Å². The van der Waals surface area contributed by atoms with Gasteiger partial charge in [0.2, 0.25) is 5.91 Å². The van der Waals surface area contributed by atoms with E-state index in [1.807, 2.05) is 0 Å². The highest BCUT2D eigenvalue weighted by Gasteiger charge is 2.53. The molecule has 2 rings (SSSR count). The van der Waals surface area contributed by atoms with Gasteiger partial charge in [0, 0.05) is 24.7 Å². The standard InChI is InChI=1S/C13H12F3N3O5/c14-13(15,16)8-5-18(4-7(8)12(21)22)9-2-1-6(11(17)20)3-10(9)19(23)24/h1-3,7-8H,4-5H2,(H2,17,20)(H,21,22)/t7-,8-/m1/s1. The lowest BCUT2D eigenvalue weighted by atomic mass is 9.96. The van der Waals surface area contributed by atoms with Crippen molar-refractivity contribution in [3.05, 3.63) is 33.9 Å². The number of halogens is 3. The summed E-state index contributed by atoms with van der Waals surface area (Å²) in [6.07, 6.45) is -4.75. The van der Waals surface area contributed by atoms with Crippen molar-refractivity contribution >= 4 is 23.3 Å². The molecule has 8 nitrogen and oxygen atoms in total. The van der Waals surface area contributed by atoms with E-state index in [1.54, 1.807) is 0 Å². The summed E-state index contributed by atoms with van der Waals surface area (Å²) in [5.41, 5.74) is 4.05. The molecule has 1 aromatic carbocycles. The van der Waals surface area contributed by atoms with Crippen molar-refractivity contribution in [3.8, 4) is 0 Å². The molecule has 0 bridgehead atoms. The van der Waals surface area contributed by atoms with Gasteiger partial charge in [-0.3, -0.25) is 19.7 Å². The molecular weight excluding hydrogens is 335 g/mol. The molecular formula is C13H12F3N3O5. The van der Waals surface area contributed by atoms with Gasteiger partial charge in [-0.2, -0.15) is 13.2 Å². The average molecular weight is 347 g/mol. The highest BCUT2D eigenvalue weighted by Crippen LogP contribution is 2.41. The fourth-order valence-corrected chi connectivity index (χ4v) is 2.67. The first-order chi connectivity index (χ1) is 11.0. The number of rotatable bonds is 4. The fourth-order valence-electron chi connectivity index (χ4n) is 2.67. The number of nitro benzene ring substituents is 1. The Morgan fingerprint density at radius 3 is 2.38 bits per heavy atom. The van der Waals surface area contributed by atoms with Crippen LogP contribution in [0.15, 0.2) is 18.2 Å². The van der Waals surface area contributed by atoms with Crippen molar-refractivity contribution in [3.63, 3.8) is 0 Å². The second-order valence-corrected chi connectivity index (χ2v) is 5.32. The van der Waals surface area contributed by atoms with Gasteiger partial charge in [-0.05, 0) is 12.1 Å². The van der Waals surface area contributed by atoms with E-state index in [0.29, 0.717) is 0 Å². The van der Waals surface area contributed by atoms with Crippen molar-refractivity contribution in [1.29, 1.82) is 0 Å². The summed E-state index contributed by atoms with van der Waals surface area (Å²) in [6.45, 7) is -1.26. The predicted molar refractivity (Wildman–Crippen MR) is 74.5 cm³/mol. The van der Waals surface area contributed by atoms with Crippen LogP contribution >= 0.6 is 0 Å². The Bertz CT molecular complexity index is 707. The molecule has 1 amide bonds. The third-order valence-electron chi connectivity index (χ3n) is 3.85. The van der Waals surface area contributed by atoms with Gasteiger partial charge in [-0.25, -0.2) is 0 Å². The van der Waals surface area contributed by atoms with Gasteiger partial charge >= 0.3 is 12.1 Å². The molecule has 0 spiro atoms. The topological polar surface area (TPSA) is 127 Å². The van der Waals surface area contributed by atoms with Gasteiger partial charge in [-0.15, -0.1) is 0 Å². The van der Waals surface area contributed by atoms with Crippen LogP contribution in [0.25, 0.3) is 0 Å². The Kier molecular flexibility index (Phi) is 4.36. The number of benzene rings is 1. The van der Waals surface area contributed by atoms with Gasteiger partial charge in [-0.1, -0.05) is 0 Å². The van der Waals surface area contributed by atoms with Gasteiger partial charge in [0.1, 0.15) is 5.69 Å². The SMILES string of the molecule is NC(=O)c1ccc(N2C[C@@H](C(F)(F)F)[C@H](C(=O)O)C2)c([N+](=O)[O-])c1. The van der Waals surface area contributed by atoms with Crippen molar-refractivity contribution in [2.24, 2.45) is 17.6 Å². The molecule has 130 valence electrons. The molecule has 0 radical (unpaired) electrons. The normalized spacial score (nSPS) is 20.9. The molecule has 1 heterocycles.